The van der Waals surface area contributed by atoms with Crippen molar-refractivity contribution < 1.29 is 14.3 Å². The molecule has 1 aromatic rings. The highest BCUT2D eigenvalue weighted by molar-refractivity contribution is 6.30. The van der Waals surface area contributed by atoms with Crippen LogP contribution in [0.25, 0.3) is 0 Å². The van der Waals surface area contributed by atoms with E-state index in [1.165, 1.54) is 0 Å². The molecule has 0 aromatic heterocycles. The van der Waals surface area contributed by atoms with Crippen molar-refractivity contribution in [3.63, 3.8) is 0 Å². The Bertz CT molecular complexity index is 431. The topological polar surface area (TPSA) is 35.5 Å². The lowest BCUT2D eigenvalue weighted by Gasteiger charge is -2.28. The first-order valence-electron chi connectivity index (χ1n) is 6.43. The molecule has 0 saturated carbocycles. The molecule has 0 bridgehead atoms. The van der Waals surface area contributed by atoms with Crippen molar-refractivity contribution >= 4 is 17.4 Å². The summed E-state index contributed by atoms with van der Waals surface area (Å²) in [6.45, 7) is 3.92. The maximum atomic E-state index is 12.5. The minimum Gasteiger partial charge on any atom is -0.496 e. The van der Waals surface area contributed by atoms with Crippen LogP contribution in [0.4, 0.5) is 0 Å². The second-order valence-corrected chi connectivity index (χ2v) is 4.90. The molecule has 1 aromatic carbocycles. The van der Waals surface area contributed by atoms with Crippen molar-refractivity contribution in [1.82, 2.24) is 0 Å². The number of carbonyl (C=O) groups is 1. The van der Waals surface area contributed by atoms with E-state index in [-0.39, 0.29) is 12.2 Å². The van der Waals surface area contributed by atoms with Gasteiger partial charge >= 0.3 is 0 Å². The van der Waals surface area contributed by atoms with E-state index in [1.54, 1.807) is 32.4 Å². The average Bonchev–Trinajstić information content (AvgIpc) is 2.41. The Morgan fingerprint density at radius 1 is 1.26 bits per heavy atom. The molecule has 19 heavy (non-hydrogen) atoms. The van der Waals surface area contributed by atoms with Gasteiger partial charge in [-0.2, -0.15) is 0 Å². The fraction of sp³-hybridized carbons (Fsp3) is 0.533. The molecule has 1 rings (SSSR count). The Labute approximate surface area is 119 Å². The van der Waals surface area contributed by atoms with E-state index < -0.39 is 5.60 Å². The number of ether oxygens (including phenoxy) is 2. The molecular formula is C15H21ClO3. The van der Waals surface area contributed by atoms with Crippen molar-refractivity contribution in [2.45, 2.75) is 38.7 Å². The minimum atomic E-state index is -0.715. The molecule has 106 valence electrons. The summed E-state index contributed by atoms with van der Waals surface area (Å²) in [6, 6.07) is 5.29. The van der Waals surface area contributed by atoms with Gasteiger partial charge in [-0.05, 0) is 31.0 Å². The molecule has 0 amide bonds. The van der Waals surface area contributed by atoms with Crippen LogP contribution in [0.5, 0.6) is 5.75 Å². The Hall–Kier alpha value is -1.06. The van der Waals surface area contributed by atoms with Gasteiger partial charge in [0.15, 0.2) is 5.78 Å². The molecule has 3 nitrogen and oxygen atoms in total. The number of Topliss-reactive ketones (excluding diaryl/α,β-unsaturated/α-hetero) is 1. The lowest BCUT2D eigenvalue weighted by Crippen LogP contribution is -2.40. The van der Waals surface area contributed by atoms with Crippen molar-refractivity contribution in [2.75, 3.05) is 14.2 Å². The van der Waals surface area contributed by atoms with Crippen LogP contribution in [0.3, 0.4) is 0 Å². The summed E-state index contributed by atoms with van der Waals surface area (Å²) < 4.78 is 10.7. The molecule has 0 aliphatic carbocycles. The zero-order valence-electron chi connectivity index (χ0n) is 12.0. The molecular weight excluding hydrogens is 264 g/mol. The van der Waals surface area contributed by atoms with Gasteiger partial charge in [0, 0.05) is 24.1 Å². The van der Waals surface area contributed by atoms with Crippen LogP contribution < -0.4 is 4.74 Å². The summed E-state index contributed by atoms with van der Waals surface area (Å²) in [5.74, 6) is 0.732. The van der Waals surface area contributed by atoms with Crippen LogP contribution >= 0.6 is 11.6 Å². The lowest BCUT2D eigenvalue weighted by atomic mass is 9.88. The second-order valence-electron chi connectivity index (χ2n) is 4.46. The molecule has 0 heterocycles. The maximum absolute atomic E-state index is 12.5. The molecule has 0 radical (unpaired) electrons. The third-order valence-electron chi connectivity index (χ3n) is 3.63. The smallest absolute Gasteiger partial charge is 0.169 e. The first-order chi connectivity index (χ1) is 9.02. The van der Waals surface area contributed by atoms with Crippen LogP contribution in [0.2, 0.25) is 5.02 Å². The van der Waals surface area contributed by atoms with Gasteiger partial charge in [-0.15, -0.1) is 0 Å². The SMILES string of the molecule is CCC(CC)(OC)C(=O)Cc1cc(Cl)ccc1OC. The molecule has 0 N–H and O–H groups in total. The van der Waals surface area contributed by atoms with Gasteiger partial charge in [-0.1, -0.05) is 25.4 Å². The highest BCUT2D eigenvalue weighted by atomic mass is 35.5. The Morgan fingerprint density at radius 3 is 2.37 bits per heavy atom. The van der Waals surface area contributed by atoms with Crippen LogP contribution in [0.15, 0.2) is 18.2 Å². The highest BCUT2D eigenvalue weighted by Gasteiger charge is 2.34. The van der Waals surface area contributed by atoms with Gasteiger partial charge in [0.25, 0.3) is 0 Å². The van der Waals surface area contributed by atoms with Crippen LogP contribution in [-0.4, -0.2) is 25.6 Å². The third-order valence-corrected chi connectivity index (χ3v) is 3.87. The average molecular weight is 285 g/mol. The van der Waals surface area contributed by atoms with Gasteiger partial charge in [0.2, 0.25) is 0 Å². The van der Waals surface area contributed by atoms with E-state index in [0.29, 0.717) is 23.6 Å². The monoisotopic (exact) mass is 284 g/mol. The Balaban J connectivity index is 3.01. The van der Waals surface area contributed by atoms with Gasteiger partial charge in [0.1, 0.15) is 11.4 Å². The van der Waals surface area contributed by atoms with Gasteiger partial charge in [-0.25, -0.2) is 0 Å². The molecule has 0 saturated heterocycles. The lowest BCUT2D eigenvalue weighted by molar-refractivity contribution is -0.141. The van der Waals surface area contributed by atoms with Crippen LogP contribution in [0.1, 0.15) is 32.3 Å². The number of hydrogen-bond acceptors (Lipinski definition) is 3. The molecule has 0 unspecified atom stereocenters. The summed E-state index contributed by atoms with van der Waals surface area (Å²) in [5.41, 5.74) is 0.0798. The summed E-state index contributed by atoms with van der Waals surface area (Å²) in [4.78, 5) is 12.5. The van der Waals surface area contributed by atoms with E-state index >= 15 is 0 Å². The summed E-state index contributed by atoms with van der Waals surface area (Å²) in [5, 5.41) is 0.597. The highest BCUT2D eigenvalue weighted by Crippen LogP contribution is 2.28. The van der Waals surface area contributed by atoms with E-state index in [1.807, 2.05) is 13.8 Å². The summed E-state index contributed by atoms with van der Waals surface area (Å²) in [7, 11) is 3.17. The molecule has 0 spiro atoms. The van der Waals surface area contributed by atoms with E-state index in [9.17, 15) is 4.79 Å². The van der Waals surface area contributed by atoms with Crippen LogP contribution in [-0.2, 0) is 16.0 Å². The quantitative estimate of drug-likeness (QED) is 0.766. The minimum absolute atomic E-state index is 0.0561. The fourth-order valence-corrected chi connectivity index (χ4v) is 2.46. The van der Waals surface area contributed by atoms with E-state index in [0.717, 1.165) is 5.56 Å². The molecule has 0 aliphatic heterocycles. The normalized spacial score (nSPS) is 11.4. The third kappa shape index (κ3) is 3.48. The maximum Gasteiger partial charge on any atom is 0.169 e. The van der Waals surface area contributed by atoms with Crippen molar-refractivity contribution in [3.8, 4) is 5.75 Å². The number of carbonyl (C=O) groups excluding carboxylic acids is 1. The molecule has 0 aliphatic rings. The standard InChI is InChI=1S/C15H21ClO3/c1-5-15(6-2,19-4)14(17)10-11-9-12(16)7-8-13(11)18-3/h7-9H,5-6,10H2,1-4H3. The first kappa shape index (κ1) is 16.0. The zero-order valence-corrected chi connectivity index (χ0v) is 12.7. The Morgan fingerprint density at radius 2 is 1.89 bits per heavy atom. The summed E-state index contributed by atoms with van der Waals surface area (Å²) >= 11 is 5.98. The number of rotatable bonds is 7. The fourth-order valence-electron chi connectivity index (χ4n) is 2.27. The molecule has 0 fully saturated rings. The van der Waals surface area contributed by atoms with Gasteiger partial charge in [-0.3, -0.25) is 4.79 Å². The predicted molar refractivity (Wildman–Crippen MR) is 77.0 cm³/mol. The predicted octanol–water partition coefficient (Wildman–Crippen LogP) is 3.67. The number of benzene rings is 1. The van der Waals surface area contributed by atoms with Crippen molar-refractivity contribution in [2.24, 2.45) is 0 Å². The van der Waals surface area contributed by atoms with E-state index in [4.69, 9.17) is 21.1 Å². The Kier molecular flexibility index (Phi) is 5.83. The van der Waals surface area contributed by atoms with Crippen LogP contribution in [0, 0.1) is 0 Å². The van der Waals surface area contributed by atoms with E-state index in [2.05, 4.69) is 0 Å². The summed E-state index contributed by atoms with van der Waals surface area (Å²) in [6.07, 6.45) is 1.57. The zero-order chi connectivity index (χ0) is 14.5. The van der Waals surface area contributed by atoms with Gasteiger partial charge in [0.05, 0.1) is 7.11 Å². The van der Waals surface area contributed by atoms with Crippen molar-refractivity contribution in [3.05, 3.63) is 28.8 Å². The van der Waals surface area contributed by atoms with Gasteiger partial charge < -0.3 is 9.47 Å². The second kappa shape index (κ2) is 6.92. The first-order valence-corrected chi connectivity index (χ1v) is 6.81. The molecule has 4 heteroatoms. The number of ketones is 1. The number of methoxy groups -OCH3 is 2. The molecule has 0 atom stereocenters. The number of hydrogen-bond donors (Lipinski definition) is 0. The van der Waals surface area contributed by atoms with Crippen molar-refractivity contribution in [1.29, 1.82) is 0 Å². The largest absolute Gasteiger partial charge is 0.496 e. The number of halogens is 1.